The van der Waals surface area contributed by atoms with E-state index in [9.17, 15) is 0 Å². The minimum Gasteiger partial charge on any atom is -0.493 e. The van der Waals surface area contributed by atoms with Crippen molar-refractivity contribution in [1.82, 2.24) is 9.78 Å². The number of ether oxygens (including phenoxy) is 2. The lowest BCUT2D eigenvalue weighted by atomic mass is 10.1. The van der Waals surface area contributed by atoms with Crippen LogP contribution in [0.4, 0.5) is 5.82 Å². The molecule has 112 valence electrons. The molecule has 0 bridgehead atoms. The number of nitrogens with zero attached hydrogens (tertiary/aromatic N) is 2. The molecule has 0 aliphatic carbocycles. The molecule has 0 saturated carbocycles. The predicted molar refractivity (Wildman–Crippen MR) is 86.5 cm³/mol. The second-order valence-corrected chi connectivity index (χ2v) is 4.77. The fourth-order valence-corrected chi connectivity index (χ4v) is 2.31. The van der Waals surface area contributed by atoms with Gasteiger partial charge in [-0.05, 0) is 30.3 Å². The molecule has 3 aromatic rings. The van der Waals surface area contributed by atoms with Crippen LogP contribution in [0.5, 0.6) is 11.5 Å². The van der Waals surface area contributed by atoms with Crippen molar-refractivity contribution < 1.29 is 9.47 Å². The van der Waals surface area contributed by atoms with E-state index in [0.717, 1.165) is 16.9 Å². The van der Waals surface area contributed by atoms with E-state index in [1.54, 1.807) is 18.9 Å². The normalized spacial score (nSPS) is 10.5. The van der Waals surface area contributed by atoms with Crippen molar-refractivity contribution >= 4 is 5.82 Å². The molecule has 1 aromatic heterocycles. The summed E-state index contributed by atoms with van der Waals surface area (Å²) in [6, 6.07) is 17.3. The van der Waals surface area contributed by atoms with Crippen LogP contribution in [-0.4, -0.2) is 24.0 Å². The van der Waals surface area contributed by atoms with Crippen molar-refractivity contribution in [3.63, 3.8) is 0 Å². The van der Waals surface area contributed by atoms with Gasteiger partial charge in [0.25, 0.3) is 0 Å². The summed E-state index contributed by atoms with van der Waals surface area (Å²) in [5.74, 6) is 1.92. The molecule has 0 saturated heterocycles. The Morgan fingerprint density at radius 3 is 2.32 bits per heavy atom. The second kappa shape index (κ2) is 5.81. The molecule has 0 radical (unpaired) electrons. The SMILES string of the molecule is COc1ccc(-c2cc(N)n(-c3ccccc3)n2)cc1OC. The molecule has 0 unspecified atom stereocenters. The van der Waals surface area contributed by atoms with Gasteiger partial charge in [0.05, 0.1) is 25.6 Å². The van der Waals surface area contributed by atoms with Crippen molar-refractivity contribution in [2.45, 2.75) is 0 Å². The summed E-state index contributed by atoms with van der Waals surface area (Å²) in [6.07, 6.45) is 0. The second-order valence-electron chi connectivity index (χ2n) is 4.77. The summed E-state index contributed by atoms with van der Waals surface area (Å²) < 4.78 is 12.3. The monoisotopic (exact) mass is 295 g/mol. The summed E-state index contributed by atoms with van der Waals surface area (Å²) >= 11 is 0. The third-order valence-electron chi connectivity index (χ3n) is 3.42. The highest BCUT2D eigenvalue weighted by Gasteiger charge is 2.11. The summed E-state index contributed by atoms with van der Waals surface area (Å²) in [5, 5.41) is 4.58. The third kappa shape index (κ3) is 2.48. The molecule has 5 heteroatoms. The highest BCUT2D eigenvalue weighted by molar-refractivity contribution is 5.67. The van der Waals surface area contributed by atoms with E-state index in [0.29, 0.717) is 17.3 Å². The third-order valence-corrected chi connectivity index (χ3v) is 3.42. The van der Waals surface area contributed by atoms with E-state index in [2.05, 4.69) is 5.10 Å². The quantitative estimate of drug-likeness (QED) is 0.803. The molecule has 1 heterocycles. The molecule has 0 amide bonds. The fourth-order valence-electron chi connectivity index (χ4n) is 2.31. The van der Waals surface area contributed by atoms with Gasteiger partial charge in [0.15, 0.2) is 11.5 Å². The van der Waals surface area contributed by atoms with Crippen molar-refractivity contribution in [1.29, 1.82) is 0 Å². The van der Waals surface area contributed by atoms with E-state index < -0.39 is 0 Å². The minimum atomic E-state index is 0.580. The Morgan fingerprint density at radius 1 is 0.909 bits per heavy atom. The minimum absolute atomic E-state index is 0.580. The number of hydrogen-bond donors (Lipinski definition) is 1. The molecule has 0 aliphatic heterocycles. The fraction of sp³-hybridized carbons (Fsp3) is 0.118. The van der Waals surface area contributed by atoms with Gasteiger partial charge in [-0.2, -0.15) is 5.10 Å². The molecule has 3 rings (SSSR count). The van der Waals surface area contributed by atoms with Crippen molar-refractivity contribution in [3.05, 3.63) is 54.6 Å². The maximum atomic E-state index is 6.08. The van der Waals surface area contributed by atoms with Crippen molar-refractivity contribution in [3.8, 4) is 28.4 Å². The van der Waals surface area contributed by atoms with Gasteiger partial charge < -0.3 is 15.2 Å². The maximum Gasteiger partial charge on any atom is 0.161 e. The molecular formula is C17H17N3O2. The van der Waals surface area contributed by atoms with Crippen LogP contribution >= 0.6 is 0 Å². The number of methoxy groups -OCH3 is 2. The van der Waals surface area contributed by atoms with Crippen LogP contribution < -0.4 is 15.2 Å². The van der Waals surface area contributed by atoms with Crippen LogP contribution in [0.15, 0.2) is 54.6 Å². The van der Waals surface area contributed by atoms with Gasteiger partial charge in [0.2, 0.25) is 0 Å². The standard InChI is InChI=1S/C17H17N3O2/c1-21-15-9-8-12(10-16(15)22-2)14-11-17(18)20(19-14)13-6-4-3-5-7-13/h3-11H,18H2,1-2H3. The predicted octanol–water partition coefficient (Wildman–Crippen LogP) is 3.14. The first-order chi connectivity index (χ1) is 10.7. The van der Waals surface area contributed by atoms with Gasteiger partial charge in [-0.3, -0.25) is 0 Å². The van der Waals surface area contributed by atoms with Crippen molar-refractivity contribution in [2.24, 2.45) is 0 Å². The van der Waals surface area contributed by atoms with Crippen LogP contribution in [-0.2, 0) is 0 Å². The zero-order chi connectivity index (χ0) is 15.5. The average molecular weight is 295 g/mol. The van der Waals surface area contributed by atoms with E-state index in [1.165, 1.54) is 0 Å². The largest absolute Gasteiger partial charge is 0.493 e. The van der Waals surface area contributed by atoms with Crippen LogP contribution in [0.2, 0.25) is 0 Å². The van der Waals surface area contributed by atoms with Gasteiger partial charge in [0, 0.05) is 11.6 Å². The zero-order valence-corrected chi connectivity index (χ0v) is 12.5. The molecule has 5 nitrogen and oxygen atoms in total. The number of rotatable bonds is 4. The van der Waals surface area contributed by atoms with Gasteiger partial charge in [-0.15, -0.1) is 0 Å². The van der Waals surface area contributed by atoms with Crippen LogP contribution in [0, 0.1) is 0 Å². The van der Waals surface area contributed by atoms with E-state index in [4.69, 9.17) is 15.2 Å². The number of aromatic nitrogens is 2. The first-order valence-electron chi connectivity index (χ1n) is 6.86. The first-order valence-corrected chi connectivity index (χ1v) is 6.86. The van der Waals surface area contributed by atoms with E-state index in [1.807, 2.05) is 54.6 Å². The Morgan fingerprint density at radius 2 is 1.64 bits per heavy atom. The zero-order valence-electron chi connectivity index (χ0n) is 12.5. The lowest BCUT2D eigenvalue weighted by molar-refractivity contribution is 0.355. The van der Waals surface area contributed by atoms with Crippen LogP contribution in [0.1, 0.15) is 0 Å². The molecule has 0 aliphatic rings. The van der Waals surface area contributed by atoms with Crippen LogP contribution in [0.3, 0.4) is 0 Å². The number of benzene rings is 2. The summed E-state index contributed by atoms with van der Waals surface area (Å²) in [7, 11) is 3.22. The van der Waals surface area contributed by atoms with Gasteiger partial charge >= 0.3 is 0 Å². The molecule has 0 spiro atoms. The summed E-state index contributed by atoms with van der Waals surface area (Å²) in [6.45, 7) is 0. The lowest BCUT2D eigenvalue weighted by Gasteiger charge is -2.08. The number of anilines is 1. The number of nitrogen functional groups attached to an aromatic ring is 1. The van der Waals surface area contributed by atoms with Crippen molar-refractivity contribution in [2.75, 3.05) is 20.0 Å². The summed E-state index contributed by atoms with van der Waals surface area (Å²) in [5.41, 5.74) is 8.70. The van der Waals surface area contributed by atoms with Crippen LogP contribution in [0.25, 0.3) is 16.9 Å². The van der Waals surface area contributed by atoms with Gasteiger partial charge in [0.1, 0.15) is 5.82 Å². The molecule has 2 N–H and O–H groups in total. The van der Waals surface area contributed by atoms with E-state index >= 15 is 0 Å². The number of para-hydroxylation sites is 1. The van der Waals surface area contributed by atoms with Gasteiger partial charge in [-0.25, -0.2) is 4.68 Å². The Labute approximate surface area is 128 Å². The summed E-state index contributed by atoms with van der Waals surface area (Å²) in [4.78, 5) is 0. The Bertz CT molecular complexity index is 782. The number of nitrogens with two attached hydrogens (primary N) is 1. The molecule has 2 aromatic carbocycles. The molecule has 22 heavy (non-hydrogen) atoms. The topological polar surface area (TPSA) is 62.3 Å². The molecule has 0 fully saturated rings. The lowest BCUT2D eigenvalue weighted by Crippen LogP contribution is -2.01. The molecule has 0 atom stereocenters. The van der Waals surface area contributed by atoms with Gasteiger partial charge in [-0.1, -0.05) is 18.2 Å². The maximum absolute atomic E-state index is 6.08. The Kier molecular flexibility index (Phi) is 3.70. The highest BCUT2D eigenvalue weighted by atomic mass is 16.5. The average Bonchev–Trinajstić information content (AvgIpc) is 2.97. The smallest absolute Gasteiger partial charge is 0.161 e. The Balaban J connectivity index is 2.03. The number of hydrogen-bond acceptors (Lipinski definition) is 4. The van der Waals surface area contributed by atoms with E-state index in [-0.39, 0.29) is 0 Å². The highest BCUT2D eigenvalue weighted by Crippen LogP contribution is 2.32. The molecular weight excluding hydrogens is 278 g/mol. The Hall–Kier alpha value is -2.95. The first kappa shape index (κ1) is 14.0.